The van der Waals surface area contributed by atoms with Crippen molar-refractivity contribution in [3.8, 4) is 17.2 Å². The van der Waals surface area contributed by atoms with Crippen LogP contribution in [0.5, 0.6) is 0 Å². The van der Waals surface area contributed by atoms with Crippen LogP contribution in [0.1, 0.15) is 57.9 Å². The molecule has 0 aliphatic rings. The van der Waals surface area contributed by atoms with E-state index >= 15 is 0 Å². The van der Waals surface area contributed by atoms with Crippen LogP contribution in [0.15, 0.2) is 66.7 Å². The van der Waals surface area contributed by atoms with Crippen molar-refractivity contribution < 1.29 is 26.4 Å². The number of nitrogens with zero attached hydrogens (tertiary/aromatic N) is 2. The number of aromatic nitrogens is 1. The maximum atomic E-state index is 13.7. The molecule has 224 valence electrons. The van der Waals surface area contributed by atoms with Crippen LogP contribution < -0.4 is 10.5 Å². The highest BCUT2D eigenvalue weighted by atomic mass is 32.2. The molecule has 0 spiro atoms. The van der Waals surface area contributed by atoms with Gasteiger partial charge in [-0.2, -0.15) is 5.26 Å². The Morgan fingerprint density at radius 2 is 1.74 bits per heavy atom. The van der Waals surface area contributed by atoms with E-state index in [1.54, 1.807) is 30.3 Å². The third-order valence-corrected chi connectivity index (χ3v) is 10.5. The molecule has 1 aromatic heterocycles. The van der Waals surface area contributed by atoms with Crippen LogP contribution in [0.25, 0.3) is 21.3 Å². The molecule has 0 aliphatic heterocycles. The van der Waals surface area contributed by atoms with E-state index in [0.717, 1.165) is 35.3 Å². The Hall–Kier alpha value is -3.96. The molecule has 1 heterocycles. The van der Waals surface area contributed by atoms with Crippen molar-refractivity contribution in [2.24, 2.45) is 5.14 Å². The average Bonchev–Trinajstić information content (AvgIpc) is 3.37. The van der Waals surface area contributed by atoms with E-state index < -0.39 is 42.5 Å². The molecule has 0 aliphatic carbocycles. The van der Waals surface area contributed by atoms with Crippen LogP contribution >= 0.6 is 11.3 Å². The topological polar surface area (TPSA) is 177 Å². The van der Waals surface area contributed by atoms with Gasteiger partial charge in [0.1, 0.15) is 5.01 Å². The normalized spacial score (nSPS) is 12.5. The minimum absolute atomic E-state index is 0.0218. The van der Waals surface area contributed by atoms with Crippen LogP contribution in [-0.4, -0.2) is 45.8 Å². The molecule has 0 radical (unpaired) electrons. The van der Waals surface area contributed by atoms with Crippen molar-refractivity contribution in [3.63, 3.8) is 0 Å². The van der Waals surface area contributed by atoms with E-state index in [9.17, 15) is 31.7 Å². The molecule has 1 unspecified atom stereocenters. The molecule has 0 fully saturated rings. The second-order valence-corrected chi connectivity index (χ2v) is 14.9. The highest BCUT2D eigenvalue weighted by Gasteiger charge is 2.37. The molecule has 3 N–H and O–H groups in total. The van der Waals surface area contributed by atoms with Gasteiger partial charge in [0.25, 0.3) is 0 Å². The van der Waals surface area contributed by atoms with Gasteiger partial charge < -0.3 is 5.32 Å². The predicted octanol–water partition coefficient (Wildman–Crippen LogP) is 4.27. The number of thiazole rings is 1. The minimum atomic E-state index is -4.23. The Kier molecular flexibility index (Phi) is 10.1. The smallest absolute Gasteiger partial charge is 0.245 e. The van der Waals surface area contributed by atoms with Crippen LogP contribution in [0.3, 0.4) is 0 Å². The first-order valence-electron chi connectivity index (χ1n) is 13.4. The number of fused-ring (bicyclic) bond motifs is 1. The third kappa shape index (κ3) is 8.32. The molecule has 4 rings (SSSR count). The molecule has 4 aromatic rings. The summed E-state index contributed by atoms with van der Waals surface area (Å²) in [6.07, 6.45) is 2.27. The number of nitrogens with two attached hydrogens (primary N) is 1. The van der Waals surface area contributed by atoms with Crippen molar-refractivity contribution in [1.29, 1.82) is 5.26 Å². The predicted molar refractivity (Wildman–Crippen MR) is 166 cm³/mol. The Morgan fingerprint density at radius 1 is 1.02 bits per heavy atom. The van der Waals surface area contributed by atoms with Crippen LogP contribution in [0.4, 0.5) is 0 Å². The number of carbonyl (C=O) groups is 2. The number of unbranched alkanes of at least 4 members (excludes halogenated alkanes) is 1. The number of sulfone groups is 1. The van der Waals surface area contributed by atoms with Gasteiger partial charge in [0.2, 0.25) is 15.9 Å². The first kappa shape index (κ1) is 32.0. The number of sulfonamides is 1. The van der Waals surface area contributed by atoms with Gasteiger partial charge in [0.15, 0.2) is 20.9 Å². The summed E-state index contributed by atoms with van der Waals surface area (Å²) in [5.41, 5.74) is 3.39. The lowest BCUT2D eigenvalue weighted by Gasteiger charge is -2.15. The number of ketones is 1. The van der Waals surface area contributed by atoms with Gasteiger partial charge in [-0.3, -0.25) is 9.59 Å². The van der Waals surface area contributed by atoms with Crippen molar-refractivity contribution in [1.82, 2.24) is 10.3 Å². The number of amides is 1. The lowest BCUT2D eigenvalue weighted by Crippen LogP contribution is -2.37. The molecule has 13 heteroatoms. The molecule has 10 nitrogen and oxygen atoms in total. The SMILES string of the molecule is CCCCC(=O)c1ccc(-c2ccc3nc(C(C(=O)NCCS(N)(=O)=O)S(=O)(=O)Cc4cccc(C#N)c4)sc3c2)cc1. The summed E-state index contributed by atoms with van der Waals surface area (Å²) in [4.78, 5) is 30.1. The fourth-order valence-corrected chi connectivity index (χ4v) is 7.99. The van der Waals surface area contributed by atoms with Crippen molar-refractivity contribution in [3.05, 3.63) is 88.4 Å². The number of nitrogens with one attached hydrogen (secondary N) is 1. The van der Waals surface area contributed by atoms with E-state index in [1.165, 1.54) is 12.1 Å². The van der Waals surface area contributed by atoms with Crippen molar-refractivity contribution in [2.75, 3.05) is 12.3 Å². The number of hydrogen-bond donors (Lipinski definition) is 2. The highest BCUT2D eigenvalue weighted by Crippen LogP contribution is 2.35. The zero-order valence-corrected chi connectivity index (χ0v) is 25.8. The highest BCUT2D eigenvalue weighted by molar-refractivity contribution is 7.91. The van der Waals surface area contributed by atoms with Gasteiger partial charge in [0, 0.05) is 18.5 Å². The second kappa shape index (κ2) is 13.6. The quantitative estimate of drug-likeness (QED) is 0.204. The van der Waals surface area contributed by atoms with Crippen LogP contribution in [-0.2, 0) is 30.4 Å². The lowest BCUT2D eigenvalue weighted by molar-refractivity contribution is -0.120. The Bertz CT molecular complexity index is 1910. The van der Waals surface area contributed by atoms with Gasteiger partial charge in [-0.25, -0.2) is 27.0 Å². The fourth-order valence-electron chi connectivity index (χ4n) is 4.45. The summed E-state index contributed by atoms with van der Waals surface area (Å²) < 4.78 is 50.7. The van der Waals surface area contributed by atoms with E-state index in [-0.39, 0.29) is 22.9 Å². The Morgan fingerprint density at radius 3 is 2.42 bits per heavy atom. The van der Waals surface area contributed by atoms with Crippen LogP contribution in [0, 0.1) is 11.3 Å². The number of benzene rings is 3. The average molecular weight is 639 g/mol. The van der Waals surface area contributed by atoms with E-state index in [2.05, 4.69) is 10.3 Å². The standard InChI is InChI=1S/C30H30N4O6S3/c1-2-3-7-26(35)23-10-8-22(9-11-23)24-12-13-25-27(17-24)41-30(34-25)28(29(36)33-14-15-43(32,39)40)42(37,38)19-21-6-4-5-20(16-21)18-31/h4-6,8-13,16-17,28H,2-3,7,14-15,19H2,1H3,(H,33,36)(H2,32,39,40). The number of primary sulfonamides is 1. The fraction of sp³-hybridized carbons (Fsp3) is 0.267. The summed E-state index contributed by atoms with van der Waals surface area (Å²) in [7, 11) is -8.13. The summed E-state index contributed by atoms with van der Waals surface area (Å²) in [5.74, 6) is -1.95. The molecule has 1 atom stereocenters. The van der Waals surface area contributed by atoms with Crippen molar-refractivity contribution >= 4 is 53.1 Å². The summed E-state index contributed by atoms with van der Waals surface area (Å²) in [6.45, 7) is 1.66. The number of nitriles is 1. The van der Waals surface area contributed by atoms with Gasteiger partial charge in [0.05, 0.1) is 33.4 Å². The van der Waals surface area contributed by atoms with Gasteiger partial charge >= 0.3 is 0 Å². The Labute approximate surface area is 254 Å². The number of Topliss-reactive ketones (excluding diaryl/α,β-unsaturated/α-hetero) is 1. The molecule has 0 saturated heterocycles. The molecular formula is C30H30N4O6S3. The van der Waals surface area contributed by atoms with E-state index in [1.807, 2.05) is 37.3 Å². The van der Waals surface area contributed by atoms with Gasteiger partial charge in [-0.05, 0) is 47.4 Å². The minimum Gasteiger partial charge on any atom is -0.354 e. The van der Waals surface area contributed by atoms with E-state index in [4.69, 9.17) is 5.14 Å². The van der Waals surface area contributed by atoms with Gasteiger partial charge in [-0.1, -0.05) is 55.8 Å². The molecule has 0 saturated carbocycles. The second-order valence-electron chi connectivity index (χ2n) is 10.00. The number of rotatable bonds is 13. The maximum Gasteiger partial charge on any atom is 0.245 e. The first-order chi connectivity index (χ1) is 20.4. The zero-order chi connectivity index (χ0) is 31.2. The van der Waals surface area contributed by atoms with Crippen molar-refractivity contribution in [2.45, 2.75) is 37.2 Å². The summed E-state index contributed by atoms with van der Waals surface area (Å²) in [5, 5.41) is 14.9. The molecular weight excluding hydrogens is 609 g/mol. The monoisotopic (exact) mass is 638 g/mol. The molecule has 3 aromatic carbocycles. The number of carbonyl (C=O) groups excluding carboxylic acids is 2. The molecule has 1 amide bonds. The largest absolute Gasteiger partial charge is 0.354 e. The van der Waals surface area contributed by atoms with E-state index in [0.29, 0.717) is 27.8 Å². The zero-order valence-electron chi connectivity index (χ0n) is 23.3. The number of hydrogen-bond acceptors (Lipinski definition) is 9. The summed E-state index contributed by atoms with van der Waals surface area (Å²) >= 11 is 1.04. The first-order valence-corrected chi connectivity index (χ1v) is 17.7. The lowest BCUT2D eigenvalue weighted by atomic mass is 10.0. The molecule has 0 bridgehead atoms. The molecule has 43 heavy (non-hydrogen) atoms. The van der Waals surface area contributed by atoms with Gasteiger partial charge in [-0.15, -0.1) is 11.3 Å². The Balaban J connectivity index is 1.67. The third-order valence-electron chi connectivity index (χ3n) is 6.63. The van der Waals surface area contributed by atoms with Crippen LogP contribution in [0.2, 0.25) is 0 Å². The summed E-state index contributed by atoms with van der Waals surface area (Å²) in [6, 6.07) is 20.7. The maximum absolute atomic E-state index is 13.7.